The van der Waals surface area contributed by atoms with Crippen molar-refractivity contribution in [2.24, 2.45) is 11.8 Å². The average Bonchev–Trinajstić information content (AvgIpc) is 2.74. The molecule has 1 heterocycles. The Morgan fingerprint density at radius 2 is 1.95 bits per heavy atom. The second-order valence-corrected chi connectivity index (χ2v) is 5.40. The van der Waals surface area contributed by atoms with E-state index in [1.165, 1.54) is 6.08 Å². The highest BCUT2D eigenvalue weighted by Gasteiger charge is 2.50. The van der Waals surface area contributed by atoms with Crippen LogP contribution in [0.15, 0.2) is 34.9 Å². The molecule has 4 nitrogen and oxygen atoms in total. The van der Waals surface area contributed by atoms with Gasteiger partial charge in [0, 0.05) is 29.4 Å². The topological polar surface area (TPSA) is 60.4 Å². The third kappa shape index (κ3) is 1.49. The summed E-state index contributed by atoms with van der Waals surface area (Å²) in [5.41, 5.74) is 2.20. The lowest BCUT2D eigenvalue weighted by atomic mass is 9.83. The van der Waals surface area contributed by atoms with Crippen molar-refractivity contribution >= 4 is 17.5 Å². The summed E-state index contributed by atoms with van der Waals surface area (Å²) in [6.45, 7) is 7.25. The van der Waals surface area contributed by atoms with Gasteiger partial charge in [-0.2, -0.15) is 0 Å². The maximum Gasteiger partial charge on any atom is 0.334 e. The molecule has 0 radical (unpaired) electrons. The first kappa shape index (κ1) is 12.1. The van der Waals surface area contributed by atoms with E-state index in [-0.39, 0.29) is 29.8 Å². The number of ketones is 2. The lowest BCUT2D eigenvalue weighted by molar-refractivity contribution is -0.140. The molecule has 1 aliphatic heterocycles. The number of carbonyl (C=O) groups is 3. The normalized spacial score (nSPS) is 34.0. The first-order valence-electron chi connectivity index (χ1n) is 6.28. The molecule has 0 aromatic rings. The van der Waals surface area contributed by atoms with Gasteiger partial charge in [-0.25, -0.2) is 4.79 Å². The zero-order valence-electron chi connectivity index (χ0n) is 10.9. The number of esters is 1. The van der Waals surface area contributed by atoms with Crippen LogP contribution in [0.4, 0.5) is 0 Å². The third-order valence-corrected chi connectivity index (χ3v) is 4.33. The number of ether oxygens (including phenoxy) is 1. The van der Waals surface area contributed by atoms with Crippen molar-refractivity contribution < 1.29 is 19.1 Å². The van der Waals surface area contributed by atoms with Crippen molar-refractivity contribution in [3.63, 3.8) is 0 Å². The van der Waals surface area contributed by atoms with E-state index in [4.69, 9.17) is 4.74 Å². The number of carbonyl (C=O) groups excluding carboxylic acids is 3. The predicted octanol–water partition coefficient (Wildman–Crippen LogP) is 1.52. The molecule has 0 saturated carbocycles. The molecule has 0 aromatic heterocycles. The summed E-state index contributed by atoms with van der Waals surface area (Å²) in [6.07, 6.45) is 1.27. The van der Waals surface area contributed by atoms with Gasteiger partial charge in [-0.15, -0.1) is 0 Å². The summed E-state index contributed by atoms with van der Waals surface area (Å²) in [5.74, 6) is -1.28. The molecule has 0 aromatic carbocycles. The molecule has 3 rings (SSSR count). The maximum atomic E-state index is 12.2. The third-order valence-electron chi connectivity index (χ3n) is 4.33. The van der Waals surface area contributed by atoms with Crippen molar-refractivity contribution in [3.05, 3.63) is 34.9 Å². The van der Waals surface area contributed by atoms with Crippen LogP contribution in [0.1, 0.15) is 20.3 Å². The van der Waals surface area contributed by atoms with Gasteiger partial charge in [0.05, 0.1) is 0 Å². The Bertz CT molecular complexity index is 606. The number of fused-ring (bicyclic) bond motifs is 3. The fourth-order valence-corrected chi connectivity index (χ4v) is 3.27. The Hall–Kier alpha value is -1.97. The zero-order chi connectivity index (χ0) is 13.9. The SMILES string of the molecule is C=C1C(=O)OC2C1CC(=O)C(C)=C1C(=O)C=C(C)C12. The molecule has 4 heteroatoms. The number of hydrogen-bond acceptors (Lipinski definition) is 4. The lowest BCUT2D eigenvalue weighted by Crippen LogP contribution is -2.27. The molecule has 3 unspecified atom stereocenters. The van der Waals surface area contributed by atoms with Gasteiger partial charge in [0.2, 0.25) is 0 Å². The molecule has 3 atom stereocenters. The largest absolute Gasteiger partial charge is 0.457 e. The molecule has 1 fully saturated rings. The van der Waals surface area contributed by atoms with Gasteiger partial charge in [-0.05, 0) is 25.5 Å². The molecule has 98 valence electrons. The van der Waals surface area contributed by atoms with Gasteiger partial charge in [0.25, 0.3) is 0 Å². The van der Waals surface area contributed by atoms with Crippen LogP contribution in [0.25, 0.3) is 0 Å². The van der Waals surface area contributed by atoms with Crippen LogP contribution in [0.3, 0.4) is 0 Å². The van der Waals surface area contributed by atoms with Crippen LogP contribution >= 0.6 is 0 Å². The molecular weight excluding hydrogens is 244 g/mol. The molecule has 0 N–H and O–H groups in total. The van der Waals surface area contributed by atoms with Crippen LogP contribution in [-0.2, 0) is 19.1 Å². The number of allylic oxidation sites excluding steroid dienone is 2. The van der Waals surface area contributed by atoms with Gasteiger partial charge < -0.3 is 4.74 Å². The van der Waals surface area contributed by atoms with Gasteiger partial charge >= 0.3 is 5.97 Å². The van der Waals surface area contributed by atoms with Crippen LogP contribution in [0.5, 0.6) is 0 Å². The summed E-state index contributed by atoms with van der Waals surface area (Å²) in [6, 6.07) is 0. The lowest BCUT2D eigenvalue weighted by Gasteiger charge is -2.23. The van der Waals surface area contributed by atoms with Crippen molar-refractivity contribution in [3.8, 4) is 0 Å². The second kappa shape index (κ2) is 3.76. The Morgan fingerprint density at radius 3 is 2.63 bits per heavy atom. The average molecular weight is 258 g/mol. The molecule has 3 aliphatic rings. The standard InChI is InChI=1S/C15H14O4/c1-6-4-11(17)13-8(3)10(16)5-9-7(2)15(18)19-14(9)12(6)13/h4,9,12,14H,2,5H2,1,3H3. The second-order valence-electron chi connectivity index (χ2n) is 5.40. The number of Topliss-reactive ketones (excluding diaryl/α,β-unsaturated/α-hetero) is 1. The maximum absolute atomic E-state index is 12.2. The zero-order valence-corrected chi connectivity index (χ0v) is 10.9. The van der Waals surface area contributed by atoms with Crippen molar-refractivity contribution in [2.45, 2.75) is 26.4 Å². The van der Waals surface area contributed by atoms with E-state index in [1.54, 1.807) is 6.92 Å². The minimum atomic E-state index is -0.459. The molecule has 0 spiro atoms. The Balaban J connectivity index is 2.17. The number of rotatable bonds is 0. The smallest absolute Gasteiger partial charge is 0.334 e. The molecule has 0 amide bonds. The monoisotopic (exact) mass is 258 g/mol. The van der Waals surface area contributed by atoms with Crippen molar-refractivity contribution in [2.75, 3.05) is 0 Å². The van der Waals surface area contributed by atoms with E-state index >= 15 is 0 Å². The van der Waals surface area contributed by atoms with Crippen LogP contribution < -0.4 is 0 Å². The van der Waals surface area contributed by atoms with Crippen LogP contribution in [-0.4, -0.2) is 23.6 Å². The van der Waals surface area contributed by atoms with Crippen LogP contribution in [0.2, 0.25) is 0 Å². The molecular formula is C15H14O4. The summed E-state index contributed by atoms with van der Waals surface area (Å²) in [5, 5.41) is 0. The van der Waals surface area contributed by atoms with E-state index in [1.807, 2.05) is 6.92 Å². The summed E-state index contributed by atoms with van der Waals surface area (Å²) in [4.78, 5) is 35.9. The van der Waals surface area contributed by atoms with Crippen molar-refractivity contribution in [1.82, 2.24) is 0 Å². The van der Waals surface area contributed by atoms with Gasteiger partial charge in [-0.1, -0.05) is 12.2 Å². The van der Waals surface area contributed by atoms with Crippen LogP contribution in [0, 0.1) is 11.8 Å². The van der Waals surface area contributed by atoms with Gasteiger partial charge in [0.1, 0.15) is 6.10 Å². The van der Waals surface area contributed by atoms with Crippen molar-refractivity contribution in [1.29, 1.82) is 0 Å². The highest BCUT2D eigenvalue weighted by atomic mass is 16.6. The summed E-state index contributed by atoms with van der Waals surface area (Å²) < 4.78 is 5.37. The molecule has 19 heavy (non-hydrogen) atoms. The van der Waals surface area contributed by atoms with E-state index in [0.29, 0.717) is 16.7 Å². The fraction of sp³-hybridized carbons (Fsp3) is 0.400. The Kier molecular flexibility index (Phi) is 2.39. The Labute approximate surface area is 110 Å². The first-order chi connectivity index (χ1) is 8.91. The fourth-order valence-electron chi connectivity index (χ4n) is 3.27. The van der Waals surface area contributed by atoms with E-state index in [2.05, 4.69) is 6.58 Å². The summed E-state index contributed by atoms with van der Waals surface area (Å²) >= 11 is 0. The minimum absolute atomic E-state index is 0.0941. The number of hydrogen-bond donors (Lipinski definition) is 0. The quantitative estimate of drug-likeness (QED) is 0.488. The predicted molar refractivity (Wildman–Crippen MR) is 67.1 cm³/mol. The molecule has 0 bridgehead atoms. The van der Waals surface area contributed by atoms with Gasteiger partial charge in [-0.3, -0.25) is 9.59 Å². The van der Waals surface area contributed by atoms with E-state index in [9.17, 15) is 14.4 Å². The first-order valence-corrected chi connectivity index (χ1v) is 6.28. The Morgan fingerprint density at radius 1 is 1.26 bits per heavy atom. The highest BCUT2D eigenvalue weighted by molar-refractivity contribution is 6.14. The van der Waals surface area contributed by atoms with E-state index in [0.717, 1.165) is 5.57 Å². The highest BCUT2D eigenvalue weighted by Crippen LogP contribution is 2.46. The van der Waals surface area contributed by atoms with E-state index < -0.39 is 12.1 Å². The molecule has 2 aliphatic carbocycles. The molecule has 1 saturated heterocycles. The van der Waals surface area contributed by atoms with Gasteiger partial charge in [0.15, 0.2) is 11.6 Å². The summed E-state index contributed by atoms with van der Waals surface area (Å²) in [7, 11) is 0. The minimum Gasteiger partial charge on any atom is -0.457 e.